The molecule has 1 saturated carbocycles. The van der Waals surface area contributed by atoms with Gasteiger partial charge in [-0.2, -0.15) is 5.10 Å². The SMILES string of the molecule is CCc1nn(C)c(CC2(CNC3CC3)CCOC2C)c1Cl. The molecule has 1 aromatic rings. The maximum Gasteiger partial charge on any atom is 0.0849 e. The van der Waals surface area contributed by atoms with E-state index in [-0.39, 0.29) is 11.5 Å². The molecule has 2 fully saturated rings. The number of rotatable bonds is 6. The molecule has 4 nitrogen and oxygen atoms in total. The van der Waals surface area contributed by atoms with E-state index in [2.05, 4.69) is 24.3 Å². The predicted octanol–water partition coefficient (Wildman–Crippen LogP) is 2.73. The monoisotopic (exact) mass is 311 g/mol. The van der Waals surface area contributed by atoms with E-state index in [0.29, 0.717) is 0 Å². The third-order valence-electron chi connectivity index (χ3n) is 5.17. The van der Waals surface area contributed by atoms with Crippen LogP contribution in [0.2, 0.25) is 5.02 Å². The molecule has 1 aliphatic carbocycles. The van der Waals surface area contributed by atoms with E-state index >= 15 is 0 Å². The van der Waals surface area contributed by atoms with Gasteiger partial charge in [0.2, 0.25) is 0 Å². The number of nitrogens with one attached hydrogen (secondary N) is 1. The molecular weight excluding hydrogens is 286 g/mol. The molecule has 1 aliphatic heterocycles. The summed E-state index contributed by atoms with van der Waals surface area (Å²) in [4.78, 5) is 0. The van der Waals surface area contributed by atoms with Gasteiger partial charge in [0, 0.05) is 38.1 Å². The second-order valence-corrected chi connectivity index (χ2v) is 7.02. The minimum Gasteiger partial charge on any atom is -0.378 e. The van der Waals surface area contributed by atoms with Crippen molar-refractivity contribution in [3.8, 4) is 0 Å². The highest BCUT2D eigenvalue weighted by Gasteiger charge is 2.43. The van der Waals surface area contributed by atoms with Crippen molar-refractivity contribution in [1.82, 2.24) is 15.1 Å². The average Bonchev–Trinajstić information content (AvgIpc) is 3.18. The summed E-state index contributed by atoms with van der Waals surface area (Å²) < 4.78 is 7.86. The van der Waals surface area contributed by atoms with E-state index < -0.39 is 0 Å². The molecule has 5 heteroatoms. The lowest BCUT2D eigenvalue weighted by atomic mass is 9.77. The van der Waals surface area contributed by atoms with E-state index in [0.717, 1.165) is 54.9 Å². The molecule has 2 aliphatic rings. The summed E-state index contributed by atoms with van der Waals surface area (Å²) >= 11 is 6.55. The van der Waals surface area contributed by atoms with E-state index in [4.69, 9.17) is 16.3 Å². The minimum absolute atomic E-state index is 0.144. The number of hydrogen-bond acceptors (Lipinski definition) is 3. The van der Waals surface area contributed by atoms with Crippen LogP contribution in [0.15, 0.2) is 0 Å². The van der Waals surface area contributed by atoms with Crippen LogP contribution in [0.5, 0.6) is 0 Å². The highest BCUT2D eigenvalue weighted by Crippen LogP contribution is 2.40. The van der Waals surface area contributed by atoms with Crippen LogP contribution in [-0.4, -0.2) is 35.1 Å². The fraction of sp³-hybridized carbons (Fsp3) is 0.812. The van der Waals surface area contributed by atoms with Gasteiger partial charge in [0.15, 0.2) is 0 Å². The Balaban J connectivity index is 1.82. The molecule has 0 amide bonds. The van der Waals surface area contributed by atoms with Crippen LogP contribution in [0.1, 0.15) is 44.5 Å². The van der Waals surface area contributed by atoms with E-state index in [1.165, 1.54) is 12.8 Å². The zero-order valence-electron chi connectivity index (χ0n) is 13.3. The largest absolute Gasteiger partial charge is 0.378 e. The van der Waals surface area contributed by atoms with Crippen LogP contribution in [0.25, 0.3) is 0 Å². The Hall–Kier alpha value is -0.580. The molecule has 2 heterocycles. The third kappa shape index (κ3) is 2.99. The fourth-order valence-electron chi connectivity index (χ4n) is 3.33. The second kappa shape index (κ2) is 5.90. The Labute approximate surface area is 132 Å². The Morgan fingerprint density at radius 3 is 2.76 bits per heavy atom. The lowest BCUT2D eigenvalue weighted by Gasteiger charge is -2.33. The maximum atomic E-state index is 6.55. The molecule has 0 spiro atoms. The first kappa shape index (κ1) is 15.3. The summed E-state index contributed by atoms with van der Waals surface area (Å²) in [6.07, 6.45) is 5.81. The molecule has 21 heavy (non-hydrogen) atoms. The number of ether oxygens (including phenoxy) is 1. The van der Waals surface area contributed by atoms with Crippen LogP contribution in [-0.2, 0) is 24.6 Å². The van der Waals surface area contributed by atoms with Gasteiger partial charge in [-0.3, -0.25) is 4.68 Å². The first-order valence-corrected chi connectivity index (χ1v) is 8.49. The summed E-state index contributed by atoms with van der Waals surface area (Å²) in [7, 11) is 2.00. The van der Waals surface area contributed by atoms with Crippen molar-refractivity contribution in [2.75, 3.05) is 13.2 Å². The van der Waals surface area contributed by atoms with Gasteiger partial charge in [-0.15, -0.1) is 0 Å². The Morgan fingerprint density at radius 2 is 2.24 bits per heavy atom. The smallest absolute Gasteiger partial charge is 0.0849 e. The van der Waals surface area contributed by atoms with Crippen LogP contribution >= 0.6 is 11.6 Å². The van der Waals surface area contributed by atoms with Crippen molar-refractivity contribution in [3.05, 3.63) is 16.4 Å². The van der Waals surface area contributed by atoms with Crippen molar-refractivity contribution >= 4 is 11.6 Å². The Morgan fingerprint density at radius 1 is 1.48 bits per heavy atom. The number of nitrogens with zero attached hydrogens (tertiary/aromatic N) is 2. The van der Waals surface area contributed by atoms with Crippen molar-refractivity contribution in [2.45, 2.75) is 58.1 Å². The van der Waals surface area contributed by atoms with E-state index in [1.807, 2.05) is 11.7 Å². The molecule has 2 unspecified atom stereocenters. The van der Waals surface area contributed by atoms with Gasteiger partial charge in [0.1, 0.15) is 0 Å². The molecule has 0 radical (unpaired) electrons. The standard InChI is InChI=1S/C16H26ClN3O/c1-4-13-15(17)14(20(3)19-13)9-16(7-8-21-11(16)2)10-18-12-5-6-12/h11-12,18H,4-10H2,1-3H3. The van der Waals surface area contributed by atoms with Crippen molar-refractivity contribution < 1.29 is 4.74 Å². The fourth-order valence-corrected chi connectivity index (χ4v) is 3.69. The number of halogens is 1. The van der Waals surface area contributed by atoms with Gasteiger partial charge in [-0.25, -0.2) is 0 Å². The molecule has 3 rings (SSSR count). The summed E-state index contributed by atoms with van der Waals surface area (Å²) in [6.45, 7) is 6.17. The quantitative estimate of drug-likeness (QED) is 0.878. The van der Waals surface area contributed by atoms with Crippen LogP contribution in [0.3, 0.4) is 0 Å². The first-order valence-electron chi connectivity index (χ1n) is 8.11. The predicted molar refractivity (Wildman–Crippen MR) is 84.8 cm³/mol. The highest BCUT2D eigenvalue weighted by atomic mass is 35.5. The van der Waals surface area contributed by atoms with Gasteiger partial charge in [-0.05, 0) is 32.6 Å². The molecule has 0 aromatic carbocycles. The van der Waals surface area contributed by atoms with Crippen LogP contribution < -0.4 is 5.32 Å². The van der Waals surface area contributed by atoms with Gasteiger partial charge < -0.3 is 10.1 Å². The van der Waals surface area contributed by atoms with Crippen molar-refractivity contribution in [1.29, 1.82) is 0 Å². The van der Waals surface area contributed by atoms with Crippen LogP contribution in [0.4, 0.5) is 0 Å². The normalized spacial score (nSPS) is 29.2. The summed E-state index contributed by atoms with van der Waals surface area (Å²) in [5, 5.41) is 9.11. The number of aromatic nitrogens is 2. The minimum atomic E-state index is 0.144. The highest BCUT2D eigenvalue weighted by molar-refractivity contribution is 6.31. The summed E-state index contributed by atoms with van der Waals surface area (Å²) in [6, 6.07) is 0.725. The third-order valence-corrected chi connectivity index (χ3v) is 5.61. The molecule has 118 valence electrons. The molecule has 1 saturated heterocycles. The Bertz CT molecular complexity index is 512. The van der Waals surface area contributed by atoms with Gasteiger partial charge in [0.25, 0.3) is 0 Å². The number of aryl methyl sites for hydroxylation is 2. The average molecular weight is 312 g/mol. The number of hydrogen-bond donors (Lipinski definition) is 1. The lowest BCUT2D eigenvalue weighted by molar-refractivity contribution is 0.0619. The molecule has 2 atom stereocenters. The molecule has 0 bridgehead atoms. The van der Waals surface area contributed by atoms with Crippen LogP contribution in [0, 0.1) is 5.41 Å². The summed E-state index contributed by atoms with van der Waals surface area (Å²) in [5.74, 6) is 0. The molecule has 1 aromatic heterocycles. The van der Waals surface area contributed by atoms with E-state index in [9.17, 15) is 0 Å². The van der Waals surface area contributed by atoms with Crippen molar-refractivity contribution in [2.24, 2.45) is 12.5 Å². The van der Waals surface area contributed by atoms with E-state index in [1.54, 1.807) is 0 Å². The molecular formula is C16H26ClN3O. The first-order chi connectivity index (χ1) is 10.1. The van der Waals surface area contributed by atoms with Gasteiger partial charge >= 0.3 is 0 Å². The second-order valence-electron chi connectivity index (χ2n) is 6.64. The van der Waals surface area contributed by atoms with Gasteiger partial charge in [0.05, 0.1) is 22.5 Å². The lowest BCUT2D eigenvalue weighted by Crippen LogP contribution is -2.42. The summed E-state index contributed by atoms with van der Waals surface area (Å²) in [5.41, 5.74) is 2.31. The maximum absolute atomic E-state index is 6.55. The zero-order valence-corrected chi connectivity index (χ0v) is 14.0. The van der Waals surface area contributed by atoms with Gasteiger partial charge in [-0.1, -0.05) is 18.5 Å². The topological polar surface area (TPSA) is 39.1 Å². The molecule has 1 N–H and O–H groups in total. The van der Waals surface area contributed by atoms with Crippen molar-refractivity contribution in [3.63, 3.8) is 0 Å². The Kier molecular flexibility index (Phi) is 4.30. The zero-order chi connectivity index (χ0) is 15.0.